The van der Waals surface area contributed by atoms with Gasteiger partial charge in [0.25, 0.3) is 0 Å². The Morgan fingerprint density at radius 2 is 1.41 bits per heavy atom. The lowest BCUT2D eigenvalue weighted by Gasteiger charge is -2.36. The van der Waals surface area contributed by atoms with E-state index in [1.807, 2.05) is 14.4 Å². The molecule has 2 fully saturated rings. The normalized spacial score (nSPS) is 15.6. The van der Waals surface area contributed by atoms with Crippen molar-refractivity contribution >= 4 is 28.5 Å². The van der Waals surface area contributed by atoms with Gasteiger partial charge in [-0.2, -0.15) is 0 Å². The molecule has 1 amide bonds. The number of piperazine rings is 1. The number of hydrogen-bond acceptors (Lipinski definition) is 4. The number of halogens is 1. The number of rotatable bonds is 17. The fourth-order valence-corrected chi connectivity index (χ4v) is 6.06. The zero-order chi connectivity index (χ0) is 29.2. The lowest BCUT2D eigenvalue weighted by Crippen LogP contribution is -2.49. The minimum Gasteiger partial charge on any atom is -0.477 e. The molecule has 1 aromatic heterocycles. The molecular weight excluding hydrogens is 521 g/mol. The van der Waals surface area contributed by atoms with Crippen molar-refractivity contribution in [2.45, 2.75) is 116 Å². The maximum atomic E-state index is 15.2. The van der Waals surface area contributed by atoms with Crippen LogP contribution in [0.5, 0.6) is 0 Å². The number of amides is 1. The summed E-state index contributed by atoms with van der Waals surface area (Å²) in [6, 6.07) is 3.00. The zero-order valence-electron chi connectivity index (χ0n) is 24.8. The lowest BCUT2D eigenvalue weighted by molar-refractivity contribution is -0.131. The Morgan fingerprint density at radius 3 is 1.95 bits per heavy atom. The van der Waals surface area contributed by atoms with Gasteiger partial charge in [-0.1, -0.05) is 84.0 Å². The first-order valence-corrected chi connectivity index (χ1v) is 16.0. The number of hydrogen-bond donors (Lipinski definition) is 1. The number of carbonyl (C=O) groups is 2. The number of anilines is 1. The molecule has 1 aromatic carbocycles. The summed E-state index contributed by atoms with van der Waals surface area (Å²) in [6.07, 6.45) is 20.4. The molecule has 1 N–H and O–H groups in total. The second-order valence-electron chi connectivity index (χ2n) is 12.0. The molecule has 0 spiro atoms. The average Bonchev–Trinajstić information content (AvgIpc) is 3.81. The molecule has 0 atom stereocenters. The minimum absolute atomic E-state index is 0.102. The van der Waals surface area contributed by atoms with E-state index < -0.39 is 17.2 Å². The summed E-state index contributed by atoms with van der Waals surface area (Å²) in [5.74, 6) is -1.66. The Bertz CT molecular complexity index is 1230. The van der Waals surface area contributed by atoms with Crippen LogP contribution in [0.3, 0.4) is 0 Å². The highest BCUT2D eigenvalue weighted by molar-refractivity contribution is 5.93. The number of carboxylic acid groups (broad SMARTS) is 1. The van der Waals surface area contributed by atoms with Gasteiger partial charge in [-0.25, -0.2) is 9.18 Å². The summed E-state index contributed by atoms with van der Waals surface area (Å²) < 4.78 is 17.0. The number of nitrogens with zero attached hydrogens (tertiary/aromatic N) is 3. The predicted octanol–water partition coefficient (Wildman–Crippen LogP) is 7.30. The standard InChI is InChI=1S/C33H48FN3O4/c1-2-3-4-5-6-7-8-9-10-11-12-13-14-15-31(38)36-20-18-35(19-21-36)30-23-29-26(22-28(30)34)32(39)27(33(40)41)24-37(29)25-16-17-25/h22-25H,2-21H2,1H3,(H,40,41). The van der Waals surface area contributed by atoms with E-state index in [1.165, 1.54) is 82.9 Å². The number of aromatic carboxylic acids is 1. The highest BCUT2D eigenvalue weighted by Gasteiger charge is 2.29. The van der Waals surface area contributed by atoms with Crippen molar-refractivity contribution in [2.24, 2.45) is 0 Å². The predicted molar refractivity (Wildman–Crippen MR) is 163 cm³/mol. The molecule has 1 saturated carbocycles. The number of pyridine rings is 1. The summed E-state index contributed by atoms with van der Waals surface area (Å²) in [5.41, 5.74) is -0.0108. The molecule has 0 bridgehead atoms. The molecule has 4 rings (SSSR count). The van der Waals surface area contributed by atoms with Gasteiger partial charge in [0.15, 0.2) is 0 Å². The van der Waals surface area contributed by atoms with E-state index in [0.29, 0.717) is 43.8 Å². The molecule has 1 aliphatic heterocycles. The summed E-state index contributed by atoms with van der Waals surface area (Å²) in [7, 11) is 0. The van der Waals surface area contributed by atoms with Crippen LogP contribution in [0.2, 0.25) is 0 Å². The number of carboxylic acids is 1. The third-order valence-corrected chi connectivity index (χ3v) is 8.74. The van der Waals surface area contributed by atoms with Crippen LogP contribution >= 0.6 is 0 Å². The average molecular weight is 570 g/mol. The molecule has 1 aliphatic carbocycles. The molecule has 0 unspecified atom stereocenters. The van der Waals surface area contributed by atoms with Crippen LogP contribution in [0.1, 0.15) is 126 Å². The molecule has 7 nitrogen and oxygen atoms in total. The number of carbonyl (C=O) groups excluding carboxylic acids is 1. The molecule has 226 valence electrons. The van der Waals surface area contributed by atoms with Gasteiger partial charge in [0, 0.05) is 50.2 Å². The number of unbranched alkanes of at least 4 members (excludes halogenated alkanes) is 12. The minimum atomic E-state index is -1.30. The zero-order valence-corrected chi connectivity index (χ0v) is 24.8. The fourth-order valence-electron chi connectivity index (χ4n) is 6.06. The van der Waals surface area contributed by atoms with E-state index in [2.05, 4.69) is 6.92 Å². The molecule has 41 heavy (non-hydrogen) atoms. The summed E-state index contributed by atoms with van der Waals surface area (Å²) in [6.45, 7) is 4.39. The second-order valence-corrected chi connectivity index (χ2v) is 12.0. The number of benzene rings is 1. The first kappa shape index (κ1) is 31.0. The van der Waals surface area contributed by atoms with E-state index >= 15 is 4.39 Å². The Kier molecular flexibility index (Phi) is 11.6. The van der Waals surface area contributed by atoms with Crippen LogP contribution in [-0.4, -0.2) is 52.6 Å². The van der Waals surface area contributed by atoms with Gasteiger partial charge >= 0.3 is 5.97 Å². The van der Waals surface area contributed by atoms with Crippen molar-refractivity contribution in [1.82, 2.24) is 9.47 Å². The van der Waals surface area contributed by atoms with Gasteiger partial charge in [-0.05, 0) is 31.4 Å². The third-order valence-electron chi connectivity index (χ3n) is 8.74. The van der Waals surface area contributed by atoms with E-state index in [-0.39, 0.29) is 22.9 Å². The van der Waals surface area contributed by atoms with Crippen LogP contribution in [0.4, 0.5) is 10.1 Å². The number of fused-ring (bicyclic) bond motifs is 1. The Balaban J connectivity index is 1.19. The largest absolute Gasteiger partial charge is 0.477 e. The highest BCUT2D eigenvalue weighted by atomic mass is 19.1. The van der Waals surface area contributed by atoms with Crippen molar-refractivity contribution in [2.75, 3.05) is 31.1 Å². The molecular formula is C33H48FN3O4. The van der Waals surface area contributed by atoms with Crippen LogP contribution in [-0.2, 0) is 4.79 Å². The van der Waals surface area contributed by atoms with Crippen LogP contribution < -0.4 is 10.3 Å². The number of aromatic nitrogens is 1. The maximum absolute atomic E-state index is 15.2. The van der Waals surface area contributed by atoms with Gasteiger partial charge in [-0.15, -0.1) is 0 Å². The van der Waals surface area contributed by atoms with Crippen LogP contribution in [0.15, 0.2) is 23.1 Å². The van der Waals surface area contributed by atoms with Gasteiger partial charge in [-0.3, -0.25) is 9.59 Å². The molecule has 2 aromatic rings. The quantitative estimate of drug-likeness (QED) is 0.202. The third kappa shape index (κ3) is 8.55. The maximum Gasteiger partial charge on any atom is 0.341 e. The van der Waals surface area contributed by atoms with Gasteiger partial charge < -0.3 is 19.5 Å². The van der Waals surface area contributed by atoms with Gasteiger partial charge in [0.2, 0.25) is 11.3 Å². The fraction of sp³-hybridized carbons (Fsp3) is 0.667. The molecule has 2 aliphatic rings. The molecule has 0 radical (unpaired) electrons. The Morgan fingerprint density at radius 1 is 0.854 bits per heavy atom. The van der Waals surface area contributed by atoms with Gasteiger partial charge in [0.05, 0.1) is 11.2 Å². The highest BCUT2D eigenvalue weighted by Crippen LogP contribution is 2.38. The Hall–Kier alpha value is -2.90. The van der Waals surface area contributed by atoms with Crippen LogP contribution in [0.25, 0.3) is 10.9 Å². The van der Waals surface area contributed by atoms with E-state index in [4.69, 9.17) is 0 Å². The molecule has 2 heterocycles. The summed E-state index contributed by atoms with van der Waals surface area (Å²) in [4.78, 5) is 40.9. The second kappa shape index (κ2) is 15.4. The topological polar surface area (TPSA) is 82.8 Å². The SMILES string of the molecule is CCCCCCCCCCCCCCCC(=O)N1CCN(c2cc3c(cc2F)c(=O)c(C(=O)O)cn3C2CC2)CC1. The monoisotopic (exact) mass is 569 g/mol. The molecule has 8 heteroatoms. The van der Waals surface area contributed by atoms with Crippen molar-refractivity contribution in [3.05, 3.63) is 39.9 Å². The first-order valence-electron chi connectivity index (χ1n) is 16.0. The van der Waals surface area contributed by atoms with E-state index in [9.17, 15) is 19.5 Å². The summed E-state index contributed by atoms with van der Waals surface area (Å²) in [5, 5.41) is 9.56. The first-order chi connectivity index (χ1) is 19.9. The summed E-state index contributed by atoms with van der Waals surface area (Å²) >= 11 is 0. The van der Waals surface area contributed by atoms with Gasteiger partial charge in [0.1, 0.15) is 11.4 Å². The Labute approximate surface area is 243 Å². The van der Waals surface area contributed by atoms with E-state index in [1.54, 1.807) is 6.07 Å². The molecule has 1 saturated heterocycles. The van der Waals surface area contributed by atoms with Crippen molar-refractivity contribution in [3.8, 4) is 0 Å². The van der Waals surface area contributed by atoms with Crippen molar-refractivity contribution in [1.29, 1.82) is 0 Å². The van der Waals surface area contributed by atoms with Crippen molar-refractivity contribution in [3.63, 3.8) is 0 Å². The van der Waals surface area contributed by atoms with Crippen LogP contribution in [0, 0.1) is 5.82 Å². The van der Waals surface area contributed by atoms with E-state index in [0.717, 1.165) is 25.7 Å². The smallest absolute Gasteiger partial charge is 0.341 e. The lowest BCUT2D eigenvalue weighted by atomic mass is 10.0. The van der Waals surface area contributed by atoms with Crippen molar-refractivity contribution < 1.29 is 19.1 Å².